The number of hydrogen-bond donors (Lipinski definition) is 0. The lowest BCUT2D eigenvalue weighted by atomic mass is 9.91. The summed E-state index contributed by atoms with van der Waals surface area (Å²) in [6.07, 6.45) is 6.57. The van der Waals surface area contributed by atoms with Crippen LogP contribution < -0.4 is 14.2 Å². The minimum Gasteiger partial charge on any atom is -0.497 e. The minimum absolute atomic E-state index is 0.0953. The fourth-order valence-corrected chi connectivity index (χ4v) is 5.00. The van der Waals surface area contributed by atoms with Crippen LogP contribution in [0.15, 0.2) is 59.6 Å². The van der Waals surface area contributed by atoms with E-state index in [9.17, 15) is 4.79 Å². The summed E-state index contributed by atoms with van der Waals surface area (Å²) >= 11 is 0. The van der Waals surface area contributed by atoms with Crippen molar-refractivity contribution in [2.75, 3.05) is 20.8 Å². The lowest BCUT2D eigenvalue weighted by Crippen LogP contribution is -2.10. The SMILES string of the molecule is CCOc1cc2c(cc1OC)N=C[C@@H]1CC(c3ccc4cc(OC)ccc4c3)=CC1CCC2=O. The molecule has 0 aromatic heterocycles. The highest BCUT2D eigenvalue weighted by Gasteiger charge is 2.29. The van der Waals surface area contributed by atoms with E-state index in [1.165, 1.54) is 16.5 Å². The van der Waals surface area contributed by atoms with Crippen LogP contribution in [-0.4, -0.2) is 32.8 Å². The molecule has 1 unspecified atom stereocenters. The predicted molar refractivity (Wildman–Crippen MR) is 136 cm³/mol. The molecule has 0 fully saturated rings. The van der Waals surface area contributed by atoms with Gasteiger partial charge in [-0.15, -0.1) is 0 Å². The van der Waals surface area contributed by atoms with Gasteiger partial charge in [0.25, 0.3) is 0 Å². The summed E-state index contributed by atoms with van der Waals surface area (Å²) in [6, 6.07) is 16.3. The Morgan fingerprint density at radius 1 is 0.941 bits per heavy atom. The summed E-state index contributed by atoms with van der Waals surface area (Å²) in [4.78, 5) is 17.9. The van der Waals surface area contributed by atoms with Crippen LogP contribution in [0.1, 0.15) is 42.1 Å². The van der Waals surface area contributed by atoms with E-state index in [-0.39, 0.29) is 17.6 Å². The van der Waals surface area contributed by atoms with Crippen molar-refractivity contribution in [2.24, 2.45) is 16.8 Å². The first-order valence-corrected chi connectivity index (χ1v) is 11.8. The van der Waals surface area contributed by atoms with Crippen molar-refractivity contribution in [1.82, 2.24) is 0 Å². The molecule has 34 heavy (non-hydrogen) atoms. The van der Waals surface area contributed by atoms with Crippen LogP contribution in [0, 0.1) is 11.8 Å². The van der Waals surface area contributed by atoms with Gasteiger partial charge in [0, 0.05) is 30.2 Å². The number of ether oxygens (including phenoxy) is 3. The van der Waals surface area contributed by atoms with Gasteiger partial charge in [-0.1, -0.05) is 24.3 Å². The van der Waals surface area contributed by atoms with Crippen LogP contribution in [0.25, 0.3) is 16.3 Å². The number of methoxy groups -OCH3 is 2. The molecule has 5 nitrogen and oxygen atoms in total. The maximum Gasteiger partial charge on any atom is 0.165 e. The third-order valence-electron chi connectivity index (χ3n) is 6.83. The van der Waals surface area contributed by atoms with Crippen molar-refractivity contribution in [2.45, 2.75) is 26.2 Å². The number of aliphatic imine (C=N–C) groups is 1. The summed E-state index contributed by atoms with van der Waals surface area (Å²) < 4.78 is 16.5. The second kappa shape index (κ2) is 9.34. The Morgan fingerprint density at radius 3 is 2.56 bits per heavy atom. The lowest BCUT2D eigenvalue weighted by molar-refractivity contribution is 0.0975. The molecule has 1 aliphatic carbocycles. The Kier molecular flexibility index (Phi) is 6.10. The lowest BCUT2D eigenvalue weighted by Gasteiger charge is -2.13. The Balaban J connectivity index is 1.44. The van der Waals surface area contributed by atoms with E-state index >= 15 is 0 Å². The molecule has 1 heterocycles. The summed E-state index contributed by atoms with van der Waals surface area (Å²) in [5.74, 6) is 2.69. The fraction of sp³-hybridized carbons (Fsp3) is 0.310. The van der Waals surface area contributed by atoms with Crippen molar-refractivity contribution in [3.8, 4) is 17.2 Å². The topological polar surface area (TPSA) is 57.1 Å². The molecule has 0 radical (unpaired) electrons. The van der Waals surface area contributed by atoms with E-state index in [1.54, 1.807) is 20.3 Å². The first-order valence-electron chi connectivity index (χ1n) is 11.8. The number of hydrogen-bond acceptors (Lipinski definition) is 5. The summed E-state index contributed by atoms with van der Waals surface area (Å²) in [5, 5.41) is 2.35. The van der Waals surface area contributed by atoms with Gasteiger partial charge in [-0.05, 0) is 71.9 Å². The number of fused-ring (bicyclic) bond motifs is 3. The highest BCUT2D eigenvalue weighted by Crippen LogP contribution is 2.42. The molecule has 0 N–H and O–H groups in total. The highest BCUT2D eigenvalue weighted by molar-refractivity contribution is 6.02. The Bertz CT molecular complexity index is 1310. The molecule has 2 aliphatic rings. The van der Waals surface area contributed by atoms with Gasteiger partial charge in [-0.25, -0.2) is 0 Å². The standard InChI is InChI=1S/C29H29NO4/c1-4-34-29-15-25-26(16-28(29)33-3)30-17-23-13-22(12-20(23)8-10-27(25)31)19-5-6-21-14-24(32-2)9-7-18(21)11-19/h5-7,9,11-12,14-17,20,23H,4,8,10,13H2,1-3H3/t20?,23-/m0/s1. The van der Waals surface area contributed by atoms with Crippen LogP contribution in [0.4, 0.5) is 5.69 Å². The number of carbonyl (C=O) groups is 1. The van der Waals surface area contributed by atoms with Crippen LogP contribution in [0.3, 0.4) is 0 Å². The molecule has 2 atom stereocenters. The van der Waals surface area contributed by atoms with E-state index in [2.05, 4.69) is 36.4 Å². The van der Waals surface area contributed by atoms with E-state index in [4.69, 9.17) is 19.2 Å². The van der Waals surface area contributed by atoms with E-state index < -0.39 is 0 Å². The summed E-state index contributed by atoms with van der Waals surface area (Å²) in [7, 11) is 3.29. The van der Waals surface area contributed by atoms with Crippen molar-refractivity contribution in [1.29, 1.82) is 0 Å². The molecular formula is C29H29NO4. The quantitative estimate of drug-likeness (QED) is 0.432. The van der Waals surface area contributed by atoms with Gasteiger partial charge in [0.05, 0.1) is 26.5 Å². The first kappa shape index (κ1) is 22.2. The maximum absolute atomic E-state index is 13.1. The summed E-state index contributed by atoms with van der Waals surface area (Å²) in [5.41, 5.74) is 3.80. The van der Waals surface area contributed by atoms with Crippen molar-refractivity contribution < 1.29 is 19.0 Å². The van der Waals surface area contributed by atoms with Gasteiger partial charge in [0.15, 0.2) is 17.3 Å². The molecule has 5 heteroatoms. The monoisotopic (exact) mass is 455 g/mol. The molecule has 0 saturated heterocycles. The number of ketones is 1. The molecule has 3 aromatic rings. The summed E-state index contributed by atoms with van der Waals surface area (Å²) in [6.45, 7) is 2.42. The Labute approximate surface area is 200 Å². The third kappa shape index (κ3) is 4.18. The normalized spacial score (nSPS) is 19.5. The number of benzene rings is 3. The zero-order chi connectivity index (χ0) is 23.7. The average Bonchev–Trinajstić information content (AvgIpc) is 3.29. The van der Waals surface area contributed by atoms with Crippen LogP contribution in [0.5, 0.6) is 17.2 Å². The second-order valence-electron chi connectivity index (χ2n) is 8.84. The molecule has 1 aliphatic heterocycles. The molecule has 3 aromatic carbocycles. The molecule has 0 bridgehead atoms. The number of rotatable bonds is 5. The second-order valence-corrected chi connectivity index (χ2v) is 8.84. The van der Waals surface area contributed by atoms with Crippen LogP contribution in [-0.2, 0) is 0 Å². The molecular weight excluding hydrogens is 426 g/mol. The number of carbonyl (C=O) groups excluding carboxylic acids is 1. The Hall–Kier alpha value is -3.60. The van der Waals surface area contributed by atoms with Crippen LogP contribution in [0.2, 0.25) is 0 Å². The molecule has 0 spiro atoms. The van der Waals surface area contributed by atoms with Gasteiger partial charge < -0.3 is 14.2 Å². The number of allylic oxidation sites excluding steroid dienone is 2. The van der Waals surface area contributed by atoms with Gasteiger partial charge in [-0.3, -0.25) is 9.79 Å². The molecule has 5 rings (SSSR count). The zero-order valence-corrected chi connectivity index (χ0v) is 19.8. The maximum atomic E-state index is 13.1. The van der Waals surface area contributed by atoms with Crippen molar-refractivity contribution in [3.05, 3.63) is 65.7 Å². The van der Waals surface area contributed by atoms with E-state index in [0.29, 0.717) is 35.8 Å². The van der Waals surface area contributed by atoms with E-state index in [0.717, 1.165) is 24.0 Å². The predicted octanol–water partition coefficient (Wildman–Crippen LogP) is 6.65. The third-order valence-corrected chi connectivity index (χ3v) is 6.83. The van der Waals surface area contributed by atoms with Crippen molar-refractivity contribution >= 4 is 34.0 Å². The smallest absolute Gasteiger partial charge is 0.165 e. The Morgan fingerprint density at radius 2 is 1.76 bits per heavy atom. The van der Waals surface area contributed by atoms with Gasteiger partial charge in [0.1, 0.15) is 5.75 Å². The van der Waals surface area contributed by atoms with Gasteiger partial charge in [-0.2, -0.15) is 0 Å². The zero-order valence-electron chi connectivity index (χ0n) is 19.8. The molecule has 0 saturated carbocycles. The fourth-order valence-electron chi connectivity index (χ4n) is 5.00. The minimum atomic E-state index is 0.0953. The first-order chi connectivity index (χ1) is 16.6. The molecule has 0 amide bonds. The van der Waals surface area contributed by atoms with Gasteiger partial charge >= 0.3 is 0 Å². The average molecular weight is 456 g/mol. The van der Waals surface area contributed by atoms with Gasteiger partial charge in [0.2, 0.25) is 0 Å². The number of nitrogens with zero attached hydrogens (tertiary/aromatic N) is 1. The largest absolute Gasteiger partial charge is 0.497 e. The van der Waals surface area contributed by atoms with Crippen LogP contribution >= 0.6 is 0 Å². The highest BCUT2D eigenvalue weighted by atomic mass is 16.5. The molecule has 174 valence electrons. The van der Waals surface area contributed by atoms with Crippen molar-refractivity contribution in [3.63, 3.8) is 0 Å². The van der Waals surface area contributed by atoms with E-state index in [1.807, 2.05) is 25.3 Å². The number of Topliss-reactive ketones (excluding diaryl/α,β-unsaturated/α-hetero) is 1.